The van der Waals surface area contributed by atoms with Gasteiger partial charge in [-0.3, -0.25) is 10.1 Å². The molecule has 0 saturated carbocycles. The van der Waals surface area contributed by atoms with E-state index in [1.807, 2.05) is 6.92 Å². The minimum absolute atomic E-state index is 0.00243. The highest BCUT2D eigenvalue weighted by Crippen LogP contribution is 2.34. The summed E-state index contributed by atoms with van der Waals surface area (Å²) in [6, 6.07) is 4.97. The number of nitrogen functional groups attached to an aromatic ring is 1. The highest BCUT2D eigenvalue weighted by molar-refractivity contribution is 5.53. The fourth-order valence-electron chi connectivity index (χ4n) is 2.11. The van der Waals surface area contributed by atoms with Crippen molar-refractivity contribution >= 4 is 11.5 Å². The molecule has 21 heavy (non-hydrogen) atoms. The van der Waals surface area contributed by atoms with Crippen molar-refractivity contribution in [1.82, 2.24) is 9.78 Å². The normalized spacial score (nSPS) is 12.0. The molecule has 2 aromatic rings. The number of methoxy groups -OCH3 is 2. The lowest BCUT2D eigenvalue weighted by atomic mass is 10.1. The molecule has 1 unspecified atom stereocenters. The van der Waals surface area contributed by atoms with E-state index in [0.29, 0.717) is 11.5 Å². The molecule has 0 saturated heterocycles. The van der Waals surface area contributed by atoms with E-state index in [2.05, 4.69) is 5.10 Å². The van der Waals surface area contributed by atoms with Crippen LogP contribution in [-0.4, -0.2) is 28.9 Å². The van der Waals surface area contributed by atoms with Crippen molar-refractivity contribution < 1.29 is 14.4 Å². The zero-order chi connectivity index (χ0) is 15.6. The summed E-state index contributed by atoms with van der Waals surface area (Å²) in [7, 11) is 3.11. The van der Waals surface area contributed by atoms with Gasteiger partial charge in [0.15, 0.2) is 0 Å². The molecule has 0 fully saturated rings. The first-order valence-corrected chi connectivity index (χ1v) is 6.18. The standard InChI is InChI=1S/C13H16N4O4/c1-8(16-13(14)11(7-15-16)17(18)19)10-6-9(20-2)4-5-12(10)21-3/h4-8H,14H2,1-3H3. The number of ether oxygens (including phenoxy) is 2. The number of hydrogen-bond donors (Lipinski definition) is 1. The minimum Gasteiger partial charge on any atom is -0.497 e. The van der Waals surface area contributed by atoms with E-state index < -0.39 is 4.92 Å². The average molecular weight is 292 g/mol. The van der Waals surface area contributed by atoms with Crippen LogP contribution in [0.3, 0.4) is 0 Å². The molecule has 0 bridgehead atoms. The van der Waals surface area contributed by atoms with Gasteiger partial charge >= 0.3 is 5.69 Å². The Hall–Kier alpha value is -2.77. The number of nitro groups is 1. The van der Waals surface area contributed by atoms with Gasteiger partial charge in [-0.1, -0.05) is 0 Å². The van der Waals surface area contributed by atoms with Crippen LogP contribution in [0.2, 0.25) is 0 Å². The van der Waals surface area contributed by atoms with Crippen molar-refractivity contribution in [2.24, 2.45) is 0 Å². The molecule has 1 aromatic carbocycles. The maximum Gasteiger partial charge on any atom is 0.330 e. The van der Waals surface area contributed by atoms with E-state index in [1.165, 1.54) is 4.68 Å². The lowest BCUT2D eigenvalue weighted by molar-refractivity contribution is -0.384. The fourth-order valence-corrected chi connectivity index (χ4v) is 2.11. The third kappa shape index (κ3) is 2.60. The third-order valence-electron chi connectivity index (χ3n) is 3.26. The Balaban J connectivity index is 2.48. The molecule has 0 aliphatic heterocycles. The van der Waals surface area contributed by atoms with Crippen LogP contribution in [0, 0.1) is 10.1 Å². The third-order valence-corrected chi connectivity index (χ3v) is 3.26. The van der Waals surface area contributed by atoms with E-state index >= 15 is 0 Å². The van der Waals surface area contributed by atoms with Crippen LogP contribution in [0.5, 0.6) is 11.5 Å². The van der Waals surface area contributed by atoms with Crippen molar-refractivity contribution in [3.05, 3.63) is 40.1 Å². The van der Waals surface area contributed by atoms with E-state index in [1.54, 1.807) is 32.4 Å². The maximum absolute atomic E-state index is 10.8. The average Bonchev–Trinajstić information content (AvgIpc) is 2.87. The Kier molecular flexibility index (Phi) is 3.97. The van der Waals surface area contributed by atoms with E-state index in [9.17, 15) is 10.1 Å². The highest BCUT2D eigenvalue weighted by Gasteiger charge is 2.23. The number of nitrogens with two attached hydrogens (primary N) is 1. The highest BCUT2D eigenvalue weighted by atomic mass is 16.6. The lowest BCUT2D eigenvalue weighted by Gasteiger charge is -2.18. The number of rotatable bonds is 5. The van der Waals surface area contributed by atoms with Crippen LogP contribution in [0.25, 0.3) is 0 Å². The van der Waals surface area contributed by atoms with Crippen LogP contribution in [0.1, 0.15) is 18.5 Å². The van der Waals surface area contributed by atoms with Gasteiger partial charge < -0.3 is 15.2 Å². The number of hydrogen-bond acceptors (Lipinski definition) is 6. The Labute approximate surface area is 121 Å². The second kappa shape index (κ2) is 5.70. The zero-order valence-corrected chi connectivity index (χ0v) is 11.9. The Morgan fingerprint density at radius 2 is 2.10 bits per heavy atom. The number of anilines is 1. The molecular weight excluding hydrogens is 276 g/mol. The Morgan fingerprint density at radius 1 is 1.38 bits per heavy atom. The van der Waals surface area contributed by atoms with Crippen molar-refractivity contribution in [3.8, 4) is 11.5 Å². The molecule has 1 heterocycles. The predicted octanol–water partition coefficient (Wildman–Crippen LogP) is 2.00. The summed E-state index contributed by atoms with van der Waals surface area (Å²) in [4.78, 5) is 10.3. The smallest absolute Gasteiger partial charge is 0.330 e. The topological polar surface area (TPSA) is 105 Å². The molecule has 8 heteroatoms. The maximum atomic E-state index is 10.8. The molecule has 112 valence electrons. The quantitative estimate of drug-likeness (QED) is 0.667. The van der Waals surface area contributed by atoms with E-state index in [4.69, 9.17) is 15.2 Å². The molecule has 2 rings (SSSR count). The van der Waals surface area contributed by atoms with E-state index in [-0.39, 0.29) is 17.5 Å². The first-order chi connectivity index (χ1) is 9.99. The second-order valence-electron chi connectivity index (χ2n) is 4.40. The van der Waals surface area contributed by atoms with Crippen LogP contribution >= 0.6 is 0 Å². The molecule has 0 aliphatic rings. The van der Waals surface area contributed by atoms with Gasteiger partial charge in [0, 0.05) is 5.56 Å². The second-order valence-corrected chi connectivity index (χ2v) is 4.40. The lowest BCUT2D eigenvalue weighted by Crippen LogP contribution is -2.13. The molecule has 0 radical (unpaired) electrons. The molecule has 1 aromatic heterocycles. The van der Waals surface area contributed by atoms with Crippen LogP contribution < -0.4 is 15.2 Å². The summed E-state index contributed by atoms with van der Waals surface area (Å²) in [6.45, 7) is 1.82. The SMILES string of the molecule is COc1ccc(OC)c(C(C)n2ncc([N+](=O)[O-])c2N)c1. The first-order valence-electron chi connectivity index (χ1n) is 6.18. The molecule has 0 aliphatic carbocycles. The zero-order valence-electron chi connectivity index (χ0n) is 11.9. The summed E-state index contributed by atoms with van der Waals surface area (Å²) in [6.07, 6.45) is 1.14. The van der Waals surface area contributed by atoms with Crippen molar-refractivity contribution in [1.29, 1.82) is 0 Å². The molecule has 0 spiro atoms. The van der Waals surface area contributed by atoms with Gasteiger partial charge in [-0.25, -0.2) is 4.68 Å². The van der Waals surface area contributed by atoms with Crippen molar-refractivity contribution in [2.45, 2.75) is 13.0 Å². The summed E-state index contributed by atoms with van der Waals surface area (Å²) in [5, 5.41) is 14.8. The Bertz CT molecular complexity index is 668. The van der Waals surface area contributed by atoms with Crippen LogP contribution in [0.4, 0.5) is 11.5 Å². The first kappa shape index (κ1) is 14.6. The van der Waals surface area contributed by atoms with Gasteiger partial charge in [-0.05, 0) is 25.1 Å². The molecule has 1 atom stereocenters. The fraction of sp³-hybridized carbons (Fsp3) is 0.308. The predicted molar refractivity (Wildman–Crippen MR) is 76.7 cm³/mol. The van der Waals surface area contributed by atoms with Crippen molar-refractivity contribution in [2.75, 3.05) is 20.0 Å². The summed E-state index contributed by atoms with van der Waals surface area (Å²) < 4.78 is 11.9. The van der Waals surface area contributed by atoms with Gasteiger partial charge in [0.2, 0.25) is 5.82 Å². The molecule has 0 amide bonds. The number of benzene rings is 1. The monoisotopic (exact) mass is 292 g/mol. The summed E-state index contributed by atoms with van der Waals surface area (Å²) in [5.41, 5.74) is 6.34. The Morgan fingerprint density at radius 3 is 2.62 bits per heavy atom. The largest absolute Gasteiger partial charge is 0.497 e. The summed E-state index contributed by atoms with van der Waals surface area (Å²) >= 11 is 0. The minimum atomic E-state index is -0.561. The van der Waals surface area contributed by atoms with Gasteiger partial charge in [0.25, 0.3) is 0 Å². The summed E-state index contributed by atoms with van der Waals surface area (Å²) in [5.74, 6) is 1.27. The van der Waals surface area contributed by atoms with E-state index in [0.717, 1.165) is 11.8 Å². The molecule has 8 nitrogen and oxygen atoms in total. The van der Waals surface area contributed by atoms with Gasteiger partial charge in [-0.2, -0.15) is 5.10 Å². The van der Waals surface area contributed by atoms with Crippen LogP contribution in [0.15, 0.2) is 24.4 Å². The molecular formula is C13H16N4O4. The van der Waals surface area contributed by atoms with Gasteiger partial charge in [0.05, 0.1) is 25.2 Å². The van der Waals surface area contributed by atoms with Gasteiger partial charge in [0.1, 0.15) is 17.7 Å². The van der Waals surface area contributed by atoms with Gasteiger partial charge in [-0.15, -0.1) is 0 Å². The number of aromatic nitrogens is 2. The van der Waals surface area contributed by atoms with Crippen LogP contribution in [-0.2, 0) is 0 Å². The number of nitrogens with zero attached hydrogens (tertiary/aromatic N) is 3. The van der Waals surface area contributed by atoms with Crippen molar-refractivity contribution in [3.63, 3.8) is 0 Å². The molecule has 2 N–H and O–H groups in total.